The van der Waals surface area contributed by atoms with Crippen molar-refractivity contribution in [2.75, 3.05) is 40.9 Å². The fraction of sp³-hybridized carbons (Fsp3) is 0.579. The molecule has 8 nitrogen and oxygen atoms in total. The zero-order valence-electron chi connectivity index (χ0n) is 16.5. The fourth-order valence-electron chi connectivity index (χ4n) is 2.89. The Morgan fingerprint density at radius 3 is 2.41 bits per heavy atom. The van der Waals surface area contributed by atoms with Crippen molar-refractivity contribution in [1.29, 1.82) is 0 Å². The van der Waals surface area contributed by atoms with Gasteiger partial charge in [-0.15, -0.1) is 0 Å². The van der Waals surface area contributed by atoms with Crippen molar-refractivity contribution < 1.29 is 19.0 Å². The zero-order valence-corrected chi connectivity index (χ0v) is 16.5. The Morgan fingerprint density at radius 1 is 1.22 bits per heavy atom. The van der Waals surface area contributed by atoms with E-state index < -0.39 is 0 Å². The Hall–Kier alpha value is -2.64. The molecule has 8 heteroatoms. The highest BCUT2D eigenvalue weighted by Crippen LogP contribution is 2.18. The number of piperidine rings is 1. The van der Waals surface area contributed by atoms with Crippen LogP contribution in [0.2, 0.25) is 0 Å². The highest BCUT2D eigenvalue weighted by molar-refractivity contribution is 5.80. The van der Waals surface area contributed by atoms with Crippen LogP contribution in [-0.2, 0) is 4.74 Å². The average molecular weight is 378 g/mol. The number of likely N-dealkylation sites (tertiary alicyclic amines) is 1. The Bertz CT molecular complexity index is 613. The maximum atomic E-state index is 11.5. The van der Waals surface area contributed by atoms with Crippen molar-refractivity contribution in [2.45, 2.75) is 31.9 Å². The molecule has 150 valence electrons. The summed E-state index contributed by atoms with van der Waals surface area (Å²) in [5.74, 6) is 2.33. The maximum Gasteiger partial charge on any atom is 0.409 e. The molecule has 0 spiro atoms. The number of carbonyl (C=O) groups is 1. The number of aliphatic imine (C=N–C) groups is 1. The highest BCUT2D eigenvalue weighted by Gasteiger charge is 2.23. The van der Waals surface area contributed by atoms with E-state index in [1.807, 2.05) is 31.2 Å². The number of ether oxygens (including phenoxy) is 3. The summed E-state index contributed by atoms with van der Waals surface area (Å²) < 4.78 is 15.8. The predicted octanol–water partition coefficient (Wildman–Crippen LogP) is 1.86. The molecule has 1 heterocycles. The number of rotatable bonds is 6. The van der Waals surface area contributed by atoms with Crippen molar-refractivity contribution in [1.82, 2.24) is 15.5 Å². The number of benzene rings is 1. The molecule has 1 unspecified atom stereocenters. The zero-order chi connectivity index (χ0) is 19.6. The van der Waals surface area contributed by atoms with Crippen LogP contribution in [0.25, 0.3) is 0 Å². The summed E-state index contributed by atoms with van der Waals surface area (Å²) in [6.45, 7) is 3.97. The van der Waals surface area contributed by atoms with E-state index in [0.29, 0.717) is 19.6 Å². The van der Waals surface area contributed by atoms with Crippen molar-refractivity contribution in [2.24, 2.45) is 4.99 Å². The molecule has 1 atom stereocenters. The molecular weight excluding hydrogens is 348 g/mol. The van der Waals surface area contributed by atoms with E-state index in [1.54, 1.807) is 19.1 Å². The number of hydrogen-bond donors (Lipinski definition) is 2. The van der Waals surface area contributed by atoms with Gasteiger partial charge in [-0.3, -0.25) is 4.99 Å². The molecule has 0 saturated carbocycles. The first-order chi connectivity index (χ1) is 13.0. The largest absolute Gasteiger partial charge is 0.497 e. The third-order valence-electron chi connectivity index (χ3n) is 4.45. The van der Waals surface area contributed by atoms with Crippen LogP contribution in [0.1, 0.15) is 19.8 Å². The highest BCUT2D eigenvalue weighted by atomic mass is 16.5. The number of hydrogen-bond acceptors (Lipinski definition) is 5. The molecule has 1 amide bonds. The van der Waals surface area contributed by atoms with Gasteiger partial charge in [-0.25, -0.2) is 4.79 Å². The lowest BCUT2D eigenvalue weighted by Crippen LogP contribution is -2.50. The first-order valence-electron chi connectivity index (χ1n) is 9.16. The van der Waals surface area contributed by atoms with Gasteiger partial charge in [-0.1, -0.05) is 0 Å². The third-order valence-corrected chi connectivity index (χ3v) is 4.45. The van der Waals surface area contributed by atoms with Gasteiger partial charge < -0.3 is 29.7 Å². The third kappa shape index (κ3) is 6.54. The first-order valence-corrected chi connectivity index (χ1v) is 9.16. The Kier molecular flexibility index (Phi) is 8.03. The Balaban J connectivity index is 1.72. The molecule has 0 aliphatic carbocycles. The van der Waals surface area contributed by atoms with Crippen LogP contribution >= 0.6 is 0 Å². The van der Waals surface area contributed by atoms with Crippen LogP contribution in [0, 0.1) is 0 Å². The molecule has 1 aliphatic rings. The normalized spacial score (nSPS) is 16.4. The standard InChI is InChI=1S/C19H30N4O4/c1-14(27-17-7-5-16(25-3)6-8-17)13-21-18(20-2)22-15-9-11-23(12-10-15)19(24)26-4/h5-8,14-15H,9-13H2,1-4H3,(H2,20,21,22). The van der Waals surface area contributed by atoms with E-state index in [4.69, 9.17) is 14.2 Å². The maximum absolute atomic E-state index is 11.5. The summed E-state index contributed by atoms with van der Waals surface area (Å²) in [5.41, 5.74) is 0. The molecule has 1 aromatic rings. The van der Waals surface area contributed by atoms with Gasteiger partial charge in [-0.05, 0) is 44.0 Å². The molecule has 0 aromatic heterocycles. The van der Waals surface area contributed by atoms with Gasteiger partial charge >= 0.3 is 6.09 Å². The van der Waals surface area contributed by atoms with E-state index in [0.717, 1.165) is 30.3 Å². The lowest BCUT2D eigenvalue weighted by atomic mass is 10.1. The summed E-state index contributed by atoms with van der Waals surface area (Å²) in [5, 5.41) is 6.69. The van der Waals surface area contributed by atoms with Gasteiger partial charge in [0.15, 0.2) is 5.96 Å². The van der Waals surface area contributed by atoms with Gasteiger partial charge in [0.05, 0.1) is 20.8 Å². The molecule has 2 N–H and O–H groups in total. The molecule has 2 rings (SSSR count). The van der Waals surface area contributed by atoms with Crippen LogP contribution in [0.4, 0.5) is 4.79 Å². The second-order valence-corrected chi connectivity index (χ2v) is 6.43. The van der Waals surface area contributed by atoms with Gasteiger partial charge in [-0.2, -0.15) is 0 Å². The van der Waals surface area contributed by atoms with Gasteiger partial charge in [0.2, 0.25) is 0 Å². The van der Waals surface area contributed by atoms with Crippen molar-refractivity contribution in [3.63, 3.8) is 0 Å². The first kappa shape index (κ1) is 20.7. The minimum Gasteiger partial charge on any atom is -0.497 e. The van der Waals surface area contributed by atoms with E-state index in [9.17, 15) is 4.79 Å². The van der Waals surface area contributed by atoms with Crippen molar-refractivity contribution in [3.8, 4) is 11.5 Å². The van der Waals surface area contributed by atoms with Crippen LogP contribution in [0.5, 0.6) is 11.5 Å². The number of carbonyl (C=O) groups excluding carboxylic acids is 1. The summed E-state index contributed by atoms with van der Waals surface area (Å²) in [4.78, 5) is 17.5. The van der Waals surface area contributed by atoms with Crippen LogP contribution in [0.15, 0.2) is 29.3 Å². The second-order valence-electron chi connectivity index (χ2n) is 6.43. The smallest absolute Gasteiger partial charge is 0.409 e. The fourth-order valence-corrected chi connectivity index (χ4v) is 2.89. The summed E-state index contributed by atoms with van der Waals surface area (Å²) in [6, 6.07) is 7.79. The predicted molar refractivity (Wildman–Crippen MR) is 105 cm³/mol. The Morgan fingerprint density at radius 2 is 1.85 bits per heavy atom. The van der Waals surface area contributed by atoms with Crippen LogP contribution < -0.4 is 20.1 Å². The van der Waals surface area contributed by atoms with Gasteiger partial charge in [0, 0.05) is 26.2 Å². The van der Waals surface area contributed by atoms with Crippen LogP contribution in [0.3, 0.4) is 0 Å². The van der Waals surface area contributed by atoms with Crippen molar-refractivity contribution in [3.05, 3.63) is 24.3 Å². The number of nitrogens with one attached hydrogen (secondary N) is 2. The molecule has 27 heavy (non-hydrogen) atoms. The summed E-state index contributed by atoms with van der Waals surface area (Å²) >= 11 is 0. The van der Waals surface area contributed by atoms with E-state index in [2.05, 4.69) is 15.6 Å². The lowest BCUT2D eigenvalue weighted by Gasteiger charge is -2.32. The molecule has 1 aliphatic heterocycles. The monoisotopic (exact) mass is 378 g/mol. The van der Waals surface area contributed by atoms with Gasteiger partial charge in [0.1, 0.15) is 17.6 Å². The number of nitrogens with zero attached hydrogens (tertiary/aromatic N) is 2. The molecule has 0 radical (unpaired) electrons. The summed E-state index contributed by atoms with van der Waals surface area (Å²) in [6.07, 6.45) is 1.42. The molecule has 0 bridgehead atoms. The number of guanidine groups is 1. The Labute approximate surface area is 160 Å². The van der Waals surface area contributed by atoms with Gasteiger partial charge in [0.25, 0.3) is 0 Å². The number of methoxy groups -OCH3 is 2. The molecule has 1 saturated heterocycles. The lowest BCUT2D eigenvalue weighted by molar-refractivity contribution is 0.111. The second kappa shape index (κ2) is 10.5. The number of amides is 1. The molecule has 1 fully saturated rings. The topological polar surface area (TPSA) is 84.4 Å². The van der Waals surface area contributed by atoms with E-state index in [1.165, 1.54) is 7.11 Å². The quantitative estimate of drug-likeness (QED) is 0.581. The minimum atomic E-state index is -0.263. The SMILES string of the molecule is CN=C(NCC(C)Oc1ccc(OC)cc1)NC1CCN(C(=O)OC)CC1. The van der Waals surface area contributed by atoms with Crippen LogP contribution in [-0.4, -0.2) is 70.0 Å². The molecule has 1 aromatic carbocycles. The molecular formula is C19H30N4O4. The summed E-state index contributed by atoms with van der Waals surface area (Å²) in [7, 11) is 4.79. The minimum absolute atomic E-state index is 0.0295. The van der Waals surface area contributed by atoms with E-state index >= 15 is 0 Å². The average Bonchev–Trinajstić information content (AvgIpc) is 2.71. The van der Waals surface area contributed by atoms with Crippen molar-refractivity contribution >= 4 is 12.1 Å². The van der Waals surface area contributed by atoms with E-state index in [-0.39, 0.29) is 18.2 Å².